The van der Waals surface area contributed by atoms with E-state index in [0.29, 0.717) is 43.7 Å². The SMILES string of the molecule is CCCCOC(=O)C=Cc1cc(OCC)c(OCC)c(OCC)c1. The summed E-state index contributed by atoms with van der Waals surface area (Å²) in [6.45, 7) is 9.75. The van der Waals surface area contributed by atoms with E-state index in [0.717, 1.165) is 18.4 Å². The van der Waals surface area contributed by atoms with Gasteiger partial charge in [0.05, 0.1) is 26.4 Å². The Labute approximate surface area is 144 Å². The van der Waals surface area contributed by atoms with Crippen LogP contribution in [0.1, 0.15) is 46.1 Å². The highest BCUT2D eigenvalue weighted by molar-refractivity contribution is 5.87. The summed E-state index contributed by atoms with van der Waals surface area (Å²) in [5.41, 5.74) is 0.790. The zero-order valence-electron chi connectivity index (χ0n) is 15.1. The van der Waals surface area contributed by atoms with Crippen LogP contribution in [-0.4, -0.2) is 32.4 Å². The normalized spacial score (nSPS) is 10.7. The number of hydrogen-bond acceptors (Lipinski definition) is 5. The number of rotatable bonds is 11. The van der Waals surface area contributed by atoms with Gasteiger partial charge in [-0.15, -0.1) is 0 Å². The third-order valence-corrected chi connectivity index (χ3v) is 3.09. The minimum atomic E-state index is -0.353. The van der Waals surface area contributed by atoms with E-state index in [1.165, 1.54) is 6.08 Å². The van der Waals surface area contributed by atoms with Gasteiger partial charge in [-0.3, -0.25) is 0 Å². The number of carbonyl (C=O) groups excluding carboxylic acids is 1. The minimum absolute atomic E-state index is 0.353. The lowest BCUT2D eigenvalue weighted by Gasteiger charge is -2.16. The molecule has 0 aliphatic heterocycles. The van der Waals surface area contributed by atoms with Crippen molar-refractivity contribution in [3.05, 3.63) is 23.8 Å². The van der Waals surface area contributed by atoms with Crippen LogP contribution in [-0.2, 0) is 9.53 Å². The second-order valence-electron chi connectivity index (χ2n) is 5.00. The van der Waals surface area contributed by atoms with Crippen molar-refractivity contribution in [1.29, 1.82) is 0 Å². The Kier molecular flexibility index (Phi) is 9.42. The van der Waals surface area contributed by atoms with E-state index in [1.807, 2.05) is 39.8 Å². The Balaban J connectivity index is 2.99. The van der Waals surface area contributed by atoms with Gasteiger partial charge in [0.25, 0.3) is 0 Å². The molecule has 0 heterocycles. The van der Waals surface area contributed by atoms with Gasteiger partial charge < -0.3 is 18.9 Å². The van der Waals surface area contributed by atoms with Gasteiger partial charge in [-0.05, 0) is 51.0 Å². The summed E-state index contributed by atoms with van der Waals surface area (Å²) in [6, 6.07) is 3.65. The third-order valence-electron chi connectivity index (χ3n) is 3.09. The molecule has 0 fully saturated rings. The van der Waals surface area contributed by atoms with Gasteiger partial charge in [-0.25, -0.2) is 4.79 Å². The van der Waals surface area contributed by atoms with E-state index < -0.39 is 0 Å². The van der Waals surface area contributed by atoms with Crippen LogP contribution in [0.25, 0.3) is 6.08 Å². The lowest BCUT2D eigenvalue weighted by atomic mass is 10.1. The largest absolute Gasteiger partial charge is 0.490 e. The first-order chi connectivity index (χ1) is 11.7. The van der Waals surface area contributed by atoms with Crippen molar-refractivity contribution in [3.63, 3.8) is 0 Å². The molecule has 134 valence electrons. The monoisotopic (exact) mass is 336 g/mol. The molecule has 0 aliphatic rings. The summed E-state index contributed by atoms with van der Waals surface area (Å²) in [5.74, 6) is 1.44. The lowest BCUT2D eigenvalue weighted by molar-refractivity contribution is -0.137. The van der Waals surface area contributed by atoms with Gasteiger partial charge in [0, 0.05) is 6.08 Å². The fraction of sp³-hybridized carbons (Fsp3) is 0.526. The van der Waals surface area contributed by atoms with Gasteiger partial charge in [0.1, 0.15) is 0 Å². The molecule has 0 aromatic heterocycles. The molecule has 1 aromatic carbocycles. The van der Waals surface area contributed by atoms with Crippen molar-refractivity contribution in [2.24, 2.45) is 0 Å². The van der Waals surface area contributed by atoms with Crippen molar-refractivity contribution in [2.45, 2.75) is 40.5 Å². The molecule has 5 heteroatoms. The van der Waals surface area contributed by atoms with Gasteiger partial charge in [-0.2, -0.15) is 0 Å². The Morgan fingerprint density at radius 2 is 1.54 bits per heavy atom. The molecule has 0 bridgehead atoms. The van der Waals surface area contributed by atoms with Crippen LogP contribution in [0.2, 0.25) is 0 Å². The first-order valence-electron chi connectivity index (χ1n) is 8.57. The summed E-state index contributed by atoms with van der Waals surface area (Å²) in [4.78, 5) is 11.7. The quantitative estimate of drug-likeness (QED) is 0.344. The fourth-order valence-corrected chi connectivity index (χ4v) is 2.03. The maximum absolute atomic E-state index is 11.7. The van der Waals surface area contributed by atoms with Crippen LogP contribution in [0, 0.1) is 0 Å². The van der Waals surface area contributed by atoms with E-state index in [4.69, 9.17) is 18.9 Å². The second kappa shape index (κ2) is 11.4. The third kappa shape index (κ3) is 6.52. The van der Waals surface area contributed by atoms with Crippen LogP contribution in [0.15, 0.2) is 18.2 Å². The molecule has 0 aliphatic carbocycles. The van der Waals surface area contributed by atoms with Crippen LogP contribution in [0.3, 0.4) is 0 Å². The predicted molar refractivity (Wildman–Crippen MR) is 94.9 cm³/mol. The van der Waals surface area contributed by atoms with Crippen LogP contribution in [0.5, 0.6) is 17.2 Å². The fourth-order valence-electron chi connectivity index (χ4n) is 2.03. The average Bonchev–Trinajstić information content (AvgIpc) is 2.56. The summed E-state index contributed by atoms with van der Waals surface area (Å²) in [5, 5.41) is 0. The molecule has 0 saturated carbocycles. The van der Waals surface area contributed by atoms with Gasteiger partial charge in [0.15, 0.2) is 11.5 Å². The van der Waals surface area contributed by atoms with Crippen molar-refractivity contribution >= 4 is 12.0 Å². The van der Waals surface area contributed by atoms with Gasteiger partial charge >= 0.3 is 5.97 Å². The Morgan fingerprint density at radius 3 is 2.04 bits per heavy atom. The molecule has 0 spiro atoms. The smallest absolute Gasteiger partial charge is 0.330 e. The van der Waals surface area contributed by atoms with E-state index in [2.05, 4.69) is 0 Å². The van der Waals surface area contributed by atoms with Gasteiger partial charge in [0.2, 0.25) is 5.75 Å². The number of benzene rings is 1. The molecule has 0 atom stereocenters. The maximum atomic E-state index is 11.7. The highest BCUT2D eigenvalue weighted by atomic mass is 16.5. The predicted octanol–water partition coefficient (Wildman–Crippen LogP) is 4.24. The Morgan fingerprint density at radius 1 is 0.958 bits per heavy atom. The van der Waals surface area contributed by atoms with E-state index in [9.17, 15) is 4.79 Å². The average molecular weight is 336 g/mol. The molecule has 0 saturated heterocycles. The van der Waals surface area contributed by atoms with Crippen LogP contribution >= 0.6 is 0 Å². The Bertz CT molecular complexity index is 510. The molecule has 0 radical (unpaired) electrons. The molecular weight excluding hydrogens is 308 g/mol. The van der Waals surface area contributed by atoms with Crippen molar-refractivity contribution < 1.29 is 23.7 Å². The molecule has 24 heavy (non-hydrogen) atoms. The van der Waals surface area contributed by atoms with Crippen molar-refractivity contribution in [2.75, 3.05) is 26.4 Å². The second-order valence-corrected chi connectivity index (χ2v) is 5.00. The topological polar surface area (TPSA) is 54.0 Å². The zero-order valence-corrected chi connectivity index (χ0v) is 15.1. The lowest BCUT2D eigenvalue weighted by Crippen LogP contribution is -2.03. The molecule has 0 amide bonds. The summed E-state index contributed by atoms with van der Waals surface area (Å²) in [7, 11) is 0. The van der Waals surface area contributed by atoms with Crippen LogP contribution in [0.4, 0.5) is 0 Å². The van der Waals surface area contributed by atoms with Crippen LogP contribution < -0.4 is 14.2 Å². The zero-order chi connectivity index (χ0) is 17.8. The highest BCUT2D eigenvalue weighted by Crippen LogP contribution is 2.39. The van der Waals surface area contributed by atoms with E-state index >= 15 is 0 Å². The minimum Gasteiger partial charge on any atom is -0.490 e. The summed E-state index contributed by atoms with van der Waals surface area (Å²) >= 11 is 0. The maximum Gasteiger partial charge on any atom is 0.330 e. The molecule has 0 N–H and O–H groups in total. The number of unbranched alkanes of at least 4 members (excludes halogenated alkanes) is 1. The standard InChI is InChI=1S/C19H28O5/c1-5-9-12-24-18(20)11-10-15-13-16(21-6-2)19(23-8-4)17(14-15)22-7-3/h10-11,13-14H,5-9,12H2,1-4H3. The van der Waals surface area contributed by atoms with Crippen molar-refractivity contribution in [1.82, 2.24) is 0 Å². The van der Waals surface area contributed by atoms with Gasteiger partial charge in [-0.1, -0.05) is 13.3 Å². The number of ether oxygens (including phenoxy) is 4. The molecule has 1 rings (SSSR count). The first-order valence-corrected chi connectivity index (χ1v) is 8.57. The number of esters is 1. The summed E-state index contributed by atoms with van der Waals surface area (Å²) in [6.07, 6.45) is 4.96. The molecule has 5 nitrogen and oxygen atoms in total. The molecule has 0 unspecified atom stereocenters. The highest BCUT2D eigenvalue weighted by Gasteiger charge is 2.14. The van der Waals surface area contributed by atoms with E-state index in [-0.39, 0.29) is 5.97 Å². The number of carbonyl (C=O) groups is 1. The summed E-state index contributed by atoms with van der Waals surface area (Å²) < 4.78 is 22.1. The number of hydrogen-bond donors (Lipinski definition) is 0. The molecule has 1 aromatic rings. The first kappa shape index (κ1) is 19.9. The van der Waals surface area contributed by atoms with Crippen molar-refractivity contribution in [3.8, 4) is 17.2 Å². The Hall–Kier alpha value is -2.17. The molecular formula is C19H28O5. The van der Waals surface area contributed by atoms with E-state index in [1.54, 1.807) is 6.08 Å².